The quantitative estimate of drug-likeness (QED) is 0.0691. The van der Waals surface area contributed by atoms with Crippen molar-refractivity contribution in [2.75, 3.05) is 32.9 Å². The second-order valence-electron chi connectivity index (χ2n) is 10.5. The van der Waals surface area contributed by atoms with Crippen molar-refractivity contribution in [3.63, 3.8) is 0 Å². The molecular weight excluding hydrogens is 454 g/mol. The Morgan fingerprint density at radius 1 is 0.611 bits per heavy atom. The number of aliphatic hydroxyl groups is 1. The largest absolute Gasteiger partial charge is 0.465 e. The first-order chi connectivity index (χ1) is 17.5. The Kier molecular flexibility index (Phi) is 24.7. The third-order valence-corrected chi connectivity index (χ3v) is 6.91. The molecule has 0 bridgehead atoms. The summed E-state index contributed by atoms with van der Waals surface area (Å²) in [6.45, 7) is 9.03. The summed E-state index contributed by atoms with van der Waals surface area (Å²) in [5.74, 6) is -0.843. The summed E-state index contributed by atoms with van der Waals surface area (Å²) in [6.07, 6.45) is 19.8. The van der Waals surface area contributed by atoms with E-state index in [4.69, 9.17) is 14.6 Å². The van der Waals surface area contributed by atoms with Crippen LogP contribution in [-0.4, -0.2) is 50.0 Å². The number of hydrogen-bond acceptors (Lipinski definition) is 6. The minimum Gasteiger partial charge on any atom is -0.465 e. The molecule has 0 saturated heterocycles. The van der Waals surface area contributed by atoms with Crippen LogP contribution in [-0.2, 0) is 19.1 Å². The van der Waals surface area contributed by atoms with Crippen molar-refractivity contribution in [3.8, 4) is 0 Å². The van der Waals surface area contributed by atoms with E-state index in [9.17, 15) is 9.59 Å². The van der Waals surface area contributed by atoms with E-state index in [2.05, 4.69) is 19.2 Å². The lowest BCUT2D eigenvalue weighted by atomic mass is 9.84. The molecule has 0 aromatic heterocycles. The first-order valence-electron chi connectivity index (χ1n) is 15.2. The first-order valence-corrected chi connectivity index (χ1v) is 15.2. The van der Waals surface area contributed by atoms with Crippen LogP contribution < -0.4 is 5.32 Å². The lowest BCUT2D eigenvalue weighted by Crippen LogP contribution is -2.39. The number of aliphatic hydroxyl groups excluding tert-OH is 1. The van der Waals surface area contributed by atoms with Gasteiger partial charge in [-0.2, -0.15) is 0 Å². The molecule has 6 nitrogen and oxygen atoms in total. The van der Waals surface area contributed by atoms with Crippen molar-refractivity contribution in [3.05, 3.63) is 0 Å². The fourth-order valence-corrected chi connectivity index (χ4v) is 4.27. The number of hydrogen-bond donors (Lipinski definition) is 2. The van der Waals surface area contributed by atoms with Crippen molar-refractivity contribution < 1.29 is 24.2 Å². The van der Waals surface area contributed by atoms with Crippen LogP contribution in [0.15, 0.2) is 0 Å². The predicted octanol–water partition coefficient (Wildman–Crippen LogP) is 7.11. The number of esters is 2. The van der Waals surface area contributed by atoms with Crippen molar-refractivity contribution >= 4 is 11.9 Å². The summed E-state index contributed by atoms with van der Waals surface area (Å²) >= 11 is 0. The van der Waals surface area contributed by atoms with E-state index in [1.165, 1.54) is 51.4 Å². The van der Waals surface area contributed by atoms with Crippen molar-refractivity contribution in [1.29, 1.82) is 0 Å². The SMILES string of the molecule is CCCCCCCCOC(=O)C(C)(CCCCCCNCCCCO)C(=O)OCCCCCCCC. The van der Waals surface area contributed by atoms with Gasteiger partial charge in [0.25, 0.3) is 0 Å². The van der Waals surface area contributed by atoms with Gasteiger partial charge in [0.1, 0.15) is 0 Å². The fraction of sp³-hybridized carbons (Fsp3) is 0.933. The molecule has 0 amide bonds. The molecule has 36 heavy (non-hydrogen) atoms. The number of nitrogens with one attached hydrogen (secondary N) is 1. The summed E-state index contributed by atoms with van der Waals surface area (Å²) in [5, 5.41) is 12.2. The molecule has 0 radical (unpaired) electrons. The van der Waals surface area contributed by atoms with Crippen LogP contribution in [0.4, 0.5) is 0 Å². The van der Waals surface area contributed by atoms with Gasteiger partial charge in [0.15, 0.2) is 5.41 Å². The Labute approximate surface area is 222 Å². The minimum atomic E-state index is -1.22. The molecule has 0 rings (SSSR count). The third kappa shape index (κ3) is 19.0. The van der Waals surface area contributed by atoms with E-state index in [1.54, 1.807) is 6.92 Å². The van der Waals surface area contributed by atoms with E-state index in [1.807, 2.05) is 0 Å². The molecule has 0 spiro atoms. The molecule has 2 N–H and O–H groups in total. The maximum Gasteiger partial charge on any atom is 0.323 e. The van der Waals surface area contributed by atoms with Gasteiger partial charge in [-0.25, -0.2) is 0 Å². The van der Waals surface area contributed by atoms with E-state index in [-0.39, 0.29) is 6.61 Å². The predicted molar refractivity (Wildman–Crippen MR) is 149 cm³/mol. The standard InChI is InChI=1S/C30H59NO5/c1-4-6-8-10-14-20-26-35-28(33)30(3,29(34)36-27-21-15-11-9-7-5-2)22-16-12-13-17-23-31-24-18-19-25-32/h31-32H,4-27H2,1-3H3. The molecule has 0 heterocycles. The lowest BCUT2D eigenvalue weighted by Gasteiger charge is -2.25. The highest BCUT2D eigenvalue weighted by molar-refractivity contribution is 5.99. The topological polar surface area (TPSA) is 84.9 Å². The highest BCUT2D eigenvalue weighted by Gasteiger charge is 2.43. The monoisotopic (exact) mass is 513 g/mol. The summed E-state index contributed by atoms with van der Waals surface area (Å²) < 4.78 is 11.2. The van der Waals surface area contributed by atoms with Gasteiger partial charge in [0, 0.05) is 6.61 Å². The van der Waals surface area contributed by atoms with Gasteiger partial charge in [-0.3, -0.25) is 9.59 Å². The van der Waals surface area contributed by atoms with Crippen LogP contribution in [0.25, 0.3) is 0 Å². The lowest BCUT2D eigenvalue weighted by molar-refractivity contribution is -0.172. The van der Waals surface area contributed by atoms with Gasteiger partial charge in [-0.05, 0) is 58.5 Å². The molecule has 0 unspecified atom stereocenters. The number of rotatable bonds is 27. The smallest absolute Gasteiger partial charge is 0.323 e. The van der Waals surface area contributed by atoms with Crippen LogP contribution in [0.5, 0.6) is 0 Å². The molecule has 0 aromatic carbocycles. The molecule has 6 heteroatoms. The number of ether oxygens (including phenoxy) is 2. The van der Waals surface area contributed by atoms with Crippen LogP contribution >= 0.6 is 0 Å². The third-order valence-electron chi connectivity index (χ3n) is 6.91. The molecule has 0 aliphatic heterocycles. The van der Waals surface area contributed by atoms with Gasteiger partial charge >= 0.3 is 11.9 Å². The average molecular weight is 514 g/mol. The van der Waals surface area contributed by atoms with Gasteiger partial charge < -0.3 is 19.9 Å². The maximum atomic E-state index is 13.0. The summed E-state index contributed by atoms with van der Waals surface area (Å²) in [6, 6.07) is 0. The summed E-state index contributed by atoms with van der Waals surface area (Å²) in [4.78, 5) is 26.0. The Hall–Kier alpha value is -1.14. The number of unbranched alkanes of at least 4 members (excludes halogenated alkanes) is 14. The van der Waals surface area contributed by atoms with Crippen molar-refractivity contribution in [1.82, 2.24) is 5.32 Å². The molecule has 0 aromatic rings. The van der Waals surface area contributed by atoms with Gasteiger partial charge in [-0.1, -0.05) is 97.3 Å². The molecule has 0 fully saturated rings. The first kappa shape index (κ1) is 34.9. The highest BCUT2D eigenvalue weighted by Crippen LogP contribution is 2.29. The van der Waals surface area contributed by atoms with E-state index in [0.717, 1.165) is 77.3 Å². The van der Waals surface area contributed by atoms with Crippen LogP contribution in [0.2, 0.25) is 0 Å². The second kappa shape index (κ2) is 25.5. The van der Waals surface area contributed by atoms with Crippen molar-refractivity contribution in [2.24, 2.45) is 5.41 Å². The average Bonchev–Trinajstić information content (AvgIpc) is 2.88. The Bertz CT molecular complexity index is 482. The van der Waals surface area contributed by atoms with Crippen LogP contribution in [0.1, 0.15) is 143 Å². The van der Waals surface area contributed by atoms with E-state index in [0.29, 0.717) is 19.6 Å². The zero-order valence-electron chi connectivity index (χ0n) is 24.1. The molecule has 0 aliphatic carbocycles. The number of carbonyl (C=O) groups is 2. The fourth-order valence-electron chi connectivity index (χ4n) is 4.27. The molecular formula is C30H59NO5. The molecule has 0 saturated carbocycles. The minimum absolute atomic E-state index is 0.253. The zero-order valence-corrected chi connectivity index (χ0v) is 24.1. The molecule has 0 atom stereocenters. The molecule has 0 aliphatic rings. The maximum absolute atomic E-state index is 13.0. The Morgan fingerprint density at radius 3 is 1.53 bits per heavy atom. The summed E-state index contributed by atoms with van der Waals surface area (Å²) in [7, 11) is 0. The van der Waals surface area contributed by atoms with E-state index >= 15 is 0 Å². The van der Waals surface area contributed by atoms with Gasteiger partial charge in [0.05, 0.1) is 13.2 Å². The van der Waals surface area contributed by atoms with E-state index < -0.39 is 17.4 Å². The Balaban J connectivity index is 4.45. The Morgan fingerprint density at radius 2 is 1.03 bits per heavy atom. The normalized spacial score (nSPS) is 11.6. The van der Waals surface area contributed by atoms with Crippen LogP contribution in [0.3, 0.4) is 0 Å². The number of carbonyl (C=O) groups excluding carboxylic acids is 2. The molecule has 214 valence electrons. The van der Waals surface area contributed by atoms with Crippen molar-refractivity contribution in [2.45, 2.75) is 143 Å². The van der Waals surface area contributed by atoms with Gasteiger partial charge in [0.2, 0.25) is 0 Å². The van der Waals surface area contributed by atoms with Gasteiger partial charge in [-0.15, -0.1) is 0 Å². The zero-order chi connectivity index (χ0) is 26.7. The second-order valence-corrected chi connectivity index (χ2v) is 10.5. The highest BCUT2D eigenvalue weighted by atomic mass is 16.6. The summed E-state index contributed by atoms with van der Waals surface area (Å²) in [5.41, 5.74) is -1.22. The van der Waals surface area contributed by atoms with Crippen LogP contribution in [0, 0.1) is 5.41 Å².